The molecule has 32 heavy (non-hydrogen) atoms. The third kappa shape index (κ3) is 5.21. The van der Waals surface area contributed by atoms with Crippen LogP contribution in [0.3, 0.4) is 0 Å². The molecule has 2 fully saturated rings. The first kappa shape index (κ1) is 22.1. The lowest BCUT2D eigenvalue weighted by Gasteiger charge is -2.27. The van der Waals surface area contributed by atoms with Crippen molar-refractivity contribution in [1.82, 2.24) is 9.80 Å². The highest BCUT2D eigenvalue weighted by Gasteiger charge is 2.42. The number of likely N-dealkylation sites (tertiary alicyclic amines) is 2. The summed E-state index contributed by atoms with van der Waals surface area (Å²) in [6.45, 7) is 7.40. The summed E-state index contributed by atoms with van der Waals surface area (Å²) in [6, 6.07) is 18.4. The van der Waals surface area contributed by atoms with E-state index < -0.39 is 11.7 Å². The number of imide groups is 1. The molecule has 4 rings (SSSR count). The lowest BCUT2D eigenvalue weighted by molar-refractivity contribution is -0.125. The molecule has 5 nitrogen and oxygen atoms in total. The van der Waals surface area contributed by atoms with Crippen molar-refractivity contribution in [3.63, 3.8) is 0 Å². The smallest absolute Gasteiger partial charge is 0.417 e. The number of ether oxygens (including phenoxy) is 1. The number of hydrogen-bond acceptors (Lipinski definition) is 4. The molecule has 0 radical (unpaired) electrons. The number of nitrogens with zero attached hydrogens (tertiary/aromatic N) is 2. The molecule has 2 aliphatic rings. The number of rotatable bonds is 4. The first-order valence-electron chi connectivity index (χ1n) is 11.5. The zero-order chi connectivity index (χ0) is 22.7. The number of hydrogen-bond donors (Lipinski definition) is 0. The molecule has 0 spiro atoms. The van der Waals surface area contributed by atoms with Crippen molar-refractivity contribution in [3.8, 4) is 11.1 Å². The maximum Gasteiger partial charge on any atom is 0.417 e. The van der Waals surface area contributed by atoms with Gasteiger partial charge in [-0.1, -0.05) is 54.6 Å². The zero-order valence-electron chi connectivity index (χ0n) is 19.2. The van der Waals surface area contributed by atoms with Crippen LogP contribution in [0.5, 0.6) is 0 Å². The summed E-state index contributed by atoms with van der Waals surface area (Å²) in [5.41, 5.74) is 3.46. The molecule has 2 heterocycles. The average molecular weight is 433 g/mol. The van der Waals surface area contributed by atoms with Gasteiger partial charge >= 0.3 is 6.09 Å². The van der Waals surface area contributed by atoms with E-state index >= 15 is 0 Å². The minimum Gasteiger partial charge on any atom is -0.443 e. The SMILES string of the molecule is CC(C)(C)OC(=O)N1C(=O)/C(=C\N2CCCC2)C[C@H]1Cc1ccc(-c2ccccc2)cc1. The van der Waals surface area contributed by atoms with Gasteiger partial charge < -0.3 is 9.64 Å². The van der Waals surface area contributed by atoms with Crippen LogP contribution in [0.2, 0.25) is 0 Å². The van der Waals surface area contributed by atoms with E-state index in [2.05, 4.69) is 41.3 Å². The Hall–Kier alpha value is -3.08. The molecule has 0 N–H and O–H groups in total. The van der Waals surface area contributed by atoms with Gasteiger partial charge in [0.1, 0.15) is 5.60 Å². The Bertz CT molecular complexity index is 984. The van der Waals surface area contributed by atoms with Gasteiger partial charge in [-0.3, -0.25) is 4.79 Å². The summed E-state index contributed by atoms with van der Waals surface area (Å²) in [4.78, 5) is 29.6. The Morgan fingerprint density at radius 1 is 1.00 bits per heavy atom. The molecule has 2 aliphatic heterocycles. The van der Waals surface area contributed by atoms with E-state index in [9.17, 15) is 9.59 Å². The predicted molar refractivity (Wildman–Crippen MR) is 126 cm³/mol. The number of carbonyl (C=O) groups is 2. The van der Waals surface area contributed by atoms with Crippen molar-refractivity contribution in [2.45, 2.75) is 58.1 Å². The highest BCUT2D eigenvalue weighted by molar-refractivity contribution is 6.05. The molecule has 2 saturated heterocycles. The van der Waals surface area contributed by atoms with Crippen LogP contribution >= 0.6 is 0 Å². The Kier molecular flexibility index (Phi) is 6.35. The highest BCUT2D eigenvalue weighted by atomic mass is 16.6. The van der Waals surface area contributed by atoms with Gasteiger partial charge in [0.2, 0.25) is 0 Å². The molecule has 0 unspecified atom stereocenters. The number of carbonyl (C=O) groups excluding carboxylic acids is 2. The van der Waals surface area contributed by atoms with Crippen LogP contribution in [0.1, 0.15) is 45.6 Å². The lowest BCUT2D eigenvalue weighted by Crippen LogP contribution is -2.43. The van der Waals surface area contributed by atoms with Gasteiger partial charge in [-0.25, -0.2) is 9.69 Å². The molecule has 5 heteroatoms. The van der Waals surface area contributed by atoms with Crippen LogP contribution in [0.15, 0.2) is 66.4 Å². The maximum absolute atomic E-state index is 13.2. The van der Waals surface area contributed by atoms with Crippen molar-refractivity contribution in [3.05, 3.63) is 71.9 Å². The van der Waals surface area contributed by atoms with Gasteiger partial charge in [0.05, 0.1) is 6.04 Å². The van der Waals surface area contributed by atoms with Crippen molar-refractivity contribution in [2.75, 3.05) is 13.1 Å². The first-order valence-corrected chi connectivity index (χ1v) is 11.5. The van der Waals surface area contributed by atoms with Crippen LogP contribution in [-0.4, -0.2) is 46.5 Å². The molecule has 0 bridgehead atoms. The molecule has 0 aromatic heterocycles. The van der Waals surface area contributed by atoms with E-state index in [1.54, 1.807) is 0 Å². The molecule has 2 amide bonds. The summed E-state index contributed by atoms with van der Waals surface area (Å²) >= 11 is 0. The normalized spacial score (nSPS) is 20.3. The van der Waals surface area contributed by atoms with Gasteiger partial charge in [-0.05, 0) is 56.7 Å². The van der Waals surface area contributed by atoms with Gasteiger partial charge in [0, 0.05) is 31.3 Å². The van der Waals surface area contributed by atoms with E-state index in [0.717, 1.165) is 37.1 Å². The third-order valence-electron chi connectivity index (χ3n) is 5.92. The van der Waals surface area contributed by atoms with Gasteiger partial charge in [0.25, 0.3) is 5.91 Å². The van der Waals surface area contributed by atoms with E-state index in [0.29, 0.717) is 18.4 Å². The Morgan fingerprint density at radius 3 is 2.25 bits per heavy atom. The minimum absolute atomic E-state index is 0.225. The van der Waals surface area contributed by atoms with Gasteiger partial charge in [-0.15, -0.1) is 0 Å². The van der Waals surface area contributed by atoms with Crippen LogP contribution in [0.4, 0.5) is 4.79 Å². The van der Waals surface area contributed by atoms with Crippen molar-refractivity contribution >= 4 is 12.0 Å². The summed E-state index contributed by atoms with van der Waals surface area (Å²) in [5, 5.41) is 0. The van der Waals surface area contributed by atoms with E-state index in [1.807, 2.05) is 45.2 Å². The van der Waals surface area contributed by atoms with Gasteiger partial charge in [0.15, 0.2) is 0 Å². The molecular formula is C27H32N2O3. The Balaban J connectivity index is 1.55. The van der Waals surface area contributed by atoms with Crippen molar-refractivity contribution < 1.29 is 14.3 Å². The van der Waals surface area contributed by atoms with E-state index in [-0.39, 0.29) is 11.9 Å². The monoisotopic (exact) mass is 432 g/mol. The zero-order valence-corrected chi connectivity index (χ0v) is 19.2. The second kappa shape index (κ2) is 9.19. The standard InChI is InChI=1S/C27H32N2O3/c1-27(2,3)32-26(31)29-24(18-23(25(29)30)19-28-15-7-8-16-28)17-20-11-13-22(14-12-20)21-9-5-4-6-10-21/h4-6,9-14,19,24H,7-8,15-18H2,1-3H3/b23-19-/t24-/m1/s1. The fraction of sp³-hybridized carbons (Fsp3) is 0.407. The summed E-state index contributed by atoms with van der Waals surface area (Å²) in [6.07, 6.45) is 4.85. The second-order valence-corrected chi connectivity index (χ2v) is 9.68. The van der Waals surface area contributed by atoms with E-state index in [4.69, 9.17) is 4.74 Å². The van der Waals surface area contributed by atoms with Crippen molar-refractivity contribution in [1.29, 1.82) is 0 Å². The van der Waals surface area contributed by atoms with Crippen LogP contribution in [-0.2, 0) is 16.0 Å². The van der Waals surface area contributed by atoms with Gasteiger partial charge in [-0.2, -0.15) is 0 Å². The average Bonchev–Trinajstić information content (AvgIpc) is 3.36. The molecule has 2 aromatic rings. The number of benzene rings is 2. The first-order chi connectivity index (χ1) is 15.3. The topological polar surface area (TPSA) is 49.9 Å². The quantitative estimate of drug-likeness (QED) is 0.606. The molecule has 1 atom stereocenters. The molecule has 168 valence electrons. The van der Waals surface area contributed by atoms with Crippen molar-refractivity contribution in [2.24, 2.45) is 0 Å². The molecule has 0 saturated carbocycles. The summed E-state index contributed by atoms with van der Waals surface area (Å²) < 4.78 is 5.58. The largest absolute Gasteiger partial charge is 0.443 e. The van der Waals surface area contributed by atoms with Crippen LogP contribution in [0, 0.1) is 0 Å². The third-order valence-corrected chi connectivity index (χ3v) is 5.92. The number of amides is 2. The predicted octanol–water partition coefficient (Wildman–Crippen LogP) is 5.41. The van der Waals surface area contributed by atoms with Crippen LogP contribution in [0.25, 0.3) is 11.1 Å². The van der Waals surface area contributed by atoms with E-state index in [1.165, 1.54) is 10.5 Å². The summed E-state index contributed by atoms with van der Waals surface area (Å²) in [7, 11) is 0. The lowest BCUT2D eigenvalue weighted by atomic mass is 9.99. The Labute approximate surface area is 190 Å². The fourth-order valence-electron chi connectivity index (χ4n) is 4.39. The molecule has 2 aromatic carbocycles. The fourth-order valence-corrected chi connectivity index (χ4v) is 4.39. The maximum atomic E-state index is 13.2. The second-order valence-electron chi connectivity index (χ2n) is 9.68. The molecule has 0 aliphatic carbocycles. The minimum atomic E-state index is -0.652. The summed E-state index contributed by atoms with van der Waals surface area (Å²) in [5.74, 6) is -0.225. The Morgan fingerprint density at radius 2 is 1.62 bits per heavy atom. The van der Waals surface area contributed by atoms with Crippen LogP contribution < -0.4 is 0 Å². The molecular weight excluding hydrogens is 400 g/mol. The highest BCUT2D eigenvalue weighted by Crippen LogP contribution is 2.30.